The summed E-state index contributed by atoms with van der Waals surface area (Å²) in [7, 11) is 0. The van der Waals surface area contributed by atoms with Gasteiger partial charge in [-0.2, -0.15) is 0 Å². The monoisotopic (exact) mass is 320 g/mol. The van der Waals surface area contributed by atoms with Crippen LogP contribution in [-0.2, 0) is 0 Å². The summed E-state index contributed by atoms with van der Waals surface area (Å²) in [4.78, 5) is 19.3. The van der Waals surface area contributed by atoms with Gasteiger partial charge in [-0.05, 0) is 43.3 Å². The molecule has 2 aromatic heterocycles. The Balaban J connectivity index is 1.91. The minimum Gasteiger partial charge on any atom is -0.354 e. The Morgan fingerprint density at radius 2 is 1.87 bits per heavy atom. The third kappa shape index (κ3) is 2.39. The molecule has 1 N–H and O–H groups in total. The Morgan fingerprint density at radius 1 is 1.04 bits per heavy atom. The fraction of sp³-hybridized carbons (Fsp3) is 0.0526. The Morgan fingerprint density at radius 3 is 2.70 bits per heavy atom. The van der Waals surface area contributed by atoms with Gasteiger partial charge in [-0.15, -0.1) is 0 Å². The Kier molecular flexibility index (Phi) is 3.17. The van der Waals surface area contributed by atoms with Crippen LogP contribution >= 0.6 is 11.6 Å². The predicted molar refractivity (Wildman–Crippen MR) is 94.1 cm³/mol. The largest absolute Gasteiger partial charge is 0.354 e. The third-order valence-corrected chi connectivity index (χ3v) is 4.28. The number of nitrogens with zero attached hydrogens (tertiary/aromatic N) is 1. The van der Waals surface area contributed by atoms with Gasteiger partial charge >= 0.3 is 0 Å². The fourth-order valence-electron chi connectivity index (χ4n) is 2.78. The first kappa shape index (κ1) is 14.0. The number of Topliss-reactive ketones (excluding diaryl/α,β-unsaturated/α-hetero) is 1. The highest BCUT2D eigenvalue weighted by molar-refractivity contribution is 6.32. The van der Waals surface area contributed by atoms with Crippen molar-refractivity contribution in [3.63, 3.8) is 0 Å². The lowest BCUT2D eigenvalue weighted by Gasteiger charge is -2.04. The summed E-state index contributed by atoms with van der Waals surface area (Å²) in [5, 5.41) is 2.48. The van der Waals surface area contributed by atoms with Crippen molar-refractivity contribution in [1.82, 2.24) is 9.97 Å². The molecule has 2 aromatic carbocycles. The van der Waals surface area contributed by atoms with E-state index in [1.54, 1.807) is 6.92 Å². The van der Waals surface area contributed by atoms with E-state index in [0.29, 0.717) is 10.7 Å². The van der Waals surface area contributed by atoms with Crippen LogP contribution < -0.4 is 0 Å². The molecule has 2 heterocycles. The molecular weight excluding hydrogens is 308 g/mol. The number of hydrogen-bond acceptors (Lipinski definition) is 2. The van der Waals surface area contributed by atoms with Crippen LogP contribution in [0.25, 0.3) is 33.1 Å². The highest BCUT2D eigenvalue weighted by Gasteiger charge is 2.11. The van der Waals surface area contributed by atoms with Crippen molar-refractivity contribution < 1.29 is 4.79 Å². The number of aromatic amines is 1. The van der Waals surface area contributed by atoms with Crippen molar-refractivity contribution in [2.75, 3.05) is 0 Å². The summed E-state index contributed by atoms with van der Waals surface area (Å²) < 4.78 is 0. The van der Waals surface area contributed by atoms with Crippen LogP contribution in [-0.4, -0.2) is 15.8 Å². The number of carbonyl (C=O) groups excluding carboxylic acids is 1. The number of pyridine rings is 1. The second kappa shape index (κ2) is 5.21. The van der Waals surface area contributed by atoms with Crippen LogP contribution in [0, 0.1) is 0 Å². The summed E-state index contributed by atoms with van der Waals surface area (Å²) in [5.41, 5.74) is 4.28. The second-order valence-electron chi connectivity index (χ2n) is 5.56. The van der Waals surface area contributed by atoms with Crippen molar-refractivity contribution in [2.24, 2.45) is 0 Å². The van der Waals surface area contributed by atoms with Gasteiger partial charge in [-0.1, -0.05) is 29.8 Å². The zero-order valence-electron chi connectivity index (χ0n) is 12.4. The maximum atomic E-state index is 11.5. The molecule has 0 spiro atoms. The van der Waals surface area contributed by atoms with Crippen LogP contribution in [0.5, 0.6) is 0 Å². The molecule has 0 saturated carbocycles. The number of H-pyrrole nitrogens is 1. The fourth-order valence-corrected chi connectivity index (χ4v) is 3.03. The van der Waals surface area contributed by atoms with E-state index >= 15 is 0 Å². The van der Waals surface area contributed by atoms with Gasteiger partial charge in [0.15, 0.2) is 5.78 Å². The van der Waals surface area contributed by atoms with Gasteiger partial charge in [-0.3, -0.25) is 4.79 Å². The van der Waals surface area contributed by atoms with Crippen molar-refractivity contribution in [3.05, 3.63) is 65.3 Å². The lowest BCUT2D eigenvalue weighted by molar-refractivity contribution is 0.101. The summed E-state index contributed by atoms with van der Waals surface area (Å²) >= 11 is 6.36. The van der Waals surface area contributed by atoms with Crippen molar-refractivity contribution in [3.8, 4) is 11.3 Å². The first-order valence-corrected chi connectivity index (χ1v) is 7.69. The third-order valence-electron chi connectivity index (χ3n) is 3.99. The Hall–Kier alpha value is -2.65. The van der Waals surface area contributed by atoms with Gasteiger partial charge in [0.2, 0.25) is 0 Å². The molecule has 3 nitrogen and oxygen atoms in total. The van der Waals surface area contributed by atoms with Crippen LogP contribution in [0.2, 0.25) is 5.15 Å². The number of hydrogen-bond donors (Lipinski definition) is 1. The molecule has 0 amide bonds. The average Bonchev–Trinajstić information content (AvgIpc) is 2.96. The van der Waals surface area contributed by atoms with Gasteiger partial charge in [0.1, 0.15) is 5.15 Å². The molecule has 0 atom stereocenters. The molecule has 0 aliphatic carbocycles. The number of carbonyl (C=O) groups is 1. The molecule has 23 heavy (non-hydrogen) atoms. The quantitative estimate of drug-likeness (QED) is 0.405. The first-order valence-electron chi connectivity index (χ1n) is 7.31. The molecule has 0 unspecified atom stereocenters. The van der Waals surface area contributed by atoms with Gasteiger partial charge in [0.05, 0.1) is 5.52 Å². The normalized spacial score (nSPS) is 11.2. The van der Waals surface area contributed by atoms with E-state index in [1.165, 1.54) is 0 Å². The summed E-state index contributed by atoms with van der Waals surface area (Å²) in [6, 6.07) is 17.5. The molecule has 0 saturated heterocycles. The van der Waals surface area contributed by atoms with E-state index in [1.807, 2.05) is 54.6 Å². The van der Waals surface area contributed by atoms with Gasteiger partial charge in [0, 0.05) is 33.1 Å². The molecule has 0 bridgehead atoms. The van der Waals surface area contributed by atoms with E-state index in [0.717, 1.165) is 33.1 Å². The Bertz CT molecular complexity index is 1070. The second-order valence-corrected chi connectivity index (χ2v) is 5.92. The van der Waals surface area contributed by atoms with Crippen LogP contribution in [0.1, 0.15) is 17.3 Å². The predicted octanol–water partition coefficient (Wildman–Crippen LogP) is 5.24. The molecule has 4 rings (SSSR count). The highest BCUT2D eigenvalue weighted by Crippen LogP contribution is 2.31. The smallest absolute Gasteiger partial charge is 0.159 e. The summed E-state index contributed by atoms with van der Waals surface area (Å²) in [5.74, 6) is 0.0556. The Labute approximate surface area is 137 Å². The van der Waals surface area contributed by atoms with Gasteiger partial charge in [0.25, 0.3) is 0 Å². The maximum Gasteiger partial charge on any atom is 0.159 e. The topological polar surface area (TPSA) is 45.8 Å². The SMILES string of the molecule is CC(=O)c1ccc2[nH]c(-c3cc4ccccc4nc3Cl)cc2c1. The molecule has 4 heteroatoms. The number of ketones is 1. The van der Waals surface area contributed by atoms with Crippen LogP contribution in [0.3, 0.4) is 0 Å². The number of halogens is 1. The molecule has 0 fully saturated rings. The number of fused-ring (bicyclic) bond motifs is 2. The number of benzene rings is 2. The van der Waals surface area contributed by atoms with Crippen LogP contribution in [0.4, 0.5) is 0 Å². The van der Waals surface area contributed by atoms with Crippen molar-refractivity contribution >= 4 is 39.2 Å². The molecule has 0 radical (unpaired) electrons. The first-order chi connectivity index (χ1) is 11.1. The van der Waals surface area contributed by atoms with E-state index in [9.17, 15) is 4.79 Å². The van der Waals surface area contributed by atoms with Gasteiger partial charge < -0.3 is 4.98 Å². The van der Waals surface area contributed by atoms with Crippen molar-refractivity contribution in [2.45, 2.75) is 6.92 Å². The molecular formula is C19H13ClN2O. The minimum absolute atomic E-state index is 0.0556. The van der Waals surface area contributed by atoms with Crippen molar-refractivity contribution in [1.29, 1.82) is 0 Å². The van der Waals surface area contributed by atoms with E-state index < -0.39 is 0 Å². The number of rotatable bonds is 2. The van der Waals surface area contributed by atoms with E-state index in [4.69, 9.17) is 11.6 Å². The summed E-state index contributed by atoms with van der Waals surface area (Å²) in [6.45, 7) is 1.57. The maximum absolute atomic E-state index is 11.5. The molecule has 112 valence electrons. The van der Waals surface area contributed by atoms with E-state index in [2.05, 4.69) is 9.97 Å². The number of aromatic nitrogens is 2. The van der Waals surface area contributed by atoms with Gasteiger partial charge in [-0.25, -0.2) is 4.98 Å². The average molecular weight is 321 g/mol. The highest BCUT2D eigenvalue weighted by atomic mass is 35.5. The number of nitrogens with one attached hydrogen (secondary N) is 1. The van der Waals surface area contributed by atoms with E-state index in [-0.39, 0.29) is 5.78 Å². The summed E-state index contributed by atoms with van der Waals surface area (Å²) in [6.07, 6.45) is 0. The zero-order chi connectivity index (χ0) is 16.0. The molecule has 0 aliphatic rings. The van der Waals surface area contributed by atoms with Crippen LogP contribution in [0.15, 0.2) is 54.6 Å². The standard InChI is InChI=1S/C19H13ClN2O/c1-11(23)12-6-7-17-14(8-12)10-18(21-17)15-9-13-4-2-3-5-16(13)22-19(15)20/h2-10,21H,1H3. The minimum atomic E-state index is 0.0556. The lowest BCUT2D eigenvalue weighted by Crippen LogP contribution is -1.89. The molecule has 0 aliphatic heterocycles. The lowest BCUT2D eigenvalue weighted by atomic mass is 10.1. The zero-order valence-corrected chi connectivity index (χ0v) is 13.2. The number of para-hydroxylation sites is 1. The molecule has 4 aromatic rings.